The molecular formula is C26H33N3O2. The SMILES string of the molecule is CCCN1CCN(C(=O)c2ccc(-c3ccc4c(c3)CCN4C(=O)C(C)C)cc2)CC1. The normalized spacial score (nSPS) is 16.6. The number of anilines is 1. The van der Waals surface area contributed by atoms with Gasteiger partial charge in [-0.15, -0.1) is 0 Å². The van der Waals surface area contributed by atoms with Crippen LogP contribution < -0.4 is 4.90 Å². The highest BCUT2D eigenvalue weighted by atomic mass is 16.2. The molecule has 164 valence electrons. The summed E-state index contributed by atoms with van der Waals surface area (Å²) in [5.74, 6) is 0.315. The number of carbonyl (C=O) groups is 2. The van der Waals surface area contributed by atoms with Gasteiger partial charge >= 0.3 is 0 Å². The highest BCUT2D eigenvalue weighted by Crippen LogP contribution is 2.33. The minimum atomic E-state index is 0.00493. The predicted octanol–water partition coefficient (Wildman–Crippen LogP) is 4.07. The predicted molar refractivity (Wildman–Crippen MR) is 125 cm³/mol. The Morgan fingerprint density at radius 1 is 0.903 bits per heavy atom. The van der Waals surface area contributed by atoms with E-state index in [1.807, 2.05) is 47.9 Å². The summed E-state index contributed by atoms with van der Waals surface area (Å²) in [7, 11) is 0. The van der Waals surface area contributed by atoms with E-state index in [-0.39, 0.29) is 17.7 Å². The van der Waals surface area contributed by atoms with Gasteiger partial charge in [-0.2, -0.15) is 0 Å². The summed E-state index contributed by atoms with van der Waals surface area (Å²) >= 11 is 0. The average molecular weight is 420 g/mol. The average Bonchev–Trinajstić information content (AvgIpc) is 3.22. The van der Waals surface area contributed by atoms with Crippen molar-refractivity contribution in [3.8, 4) is 11.1 Å². The molecule has 0 bridgehead atoms. The molecule has 31 heavy (non-hydrogen) atoms. The van der Waals surface area contributed by atoms with Crippen LogP contribution in [0, 0.1) is 5.92 Å². The van der Waals surface area contributed by atoms with Crippen LogP contribution in [0.5, 0.6) is 0 Å². The second-order valence-corrected chi connectivity index (χ2v) is 8.95. The van der Waals surface area contributed by atoms with E-state index < -0.39 is 0 Å². The summed E-state index contributed by atoms with van der Waals surface area (Å²) in [6, 6.07) is 14.3. The Balaban J connectivity index is 1.44. The fourth-order valence-electron chi connectivity index (χ4n) is 4.60. The molecule has 1 fully saturated rings. The van der Waals surface area contributed by atoms with E-state index in [4.69, 9.17) is 0 Å². The lowest BCUT2D eigenvalue weighted by Crippen LogP contribution is -2.48. The molecule has 0 aliphatic carbocycles. The van der Waals surface area contributed by atoms with Crippen molar-refractivity contribution in [2.24, 2.45) is 5.92 Å². The summed E-state index contributed by atoms with van der Waals surface area (Å²) in [5, 5.41) is 0. The molecule has 0 spiro atoms. The van der Waals surface area contributed by atoms with Crippen LogP contribution in [0.2, 0.25) is 0 Å². The quantitative estimate of drug-likeness (QED) is 0.734. The van der Waals surface area contributed by atoms with Crippen LogP contribution in [-0.2, 0) is 11.2 Å². The van der Waals surface area contributed by atoms with Gasteiger partial charge in [0, 0.05) is 49.9 Å². The lowest BCUT2D eigenvalue weighted by molar-refractivity contribution is -0.121. The summed E-state index contributed by atoms with van der Waals surface area (Å²) < 4.78 is 0. The number of amides is 2. The van der Waals surface area contributed by atoms with Crippen LogP contribution in [0.15, 0.2) is 42.5 Å². The first-order valence-corrected chi connectivity index (χ1v) is 11.5. The number of carbonyl (C=O) groups excluding carboxylic acids is 2. The monoisotopic (exact) mass is 419 g/mol. The molecule has 2 aromatic carbocycles. The Morgan fingerprint density at radius 3 is 2.23 bits per heavy atom. The molecule has 0 N–H and O–H groups in total. The third kappa shape index (κ3) is 4.52. The number of nitrogens with zero attached hydrogens (tertiary/aromatic N) is 3. The van der Waals surface area contributed by atoms with Gasteiger partial charge in [-0.3, -0.25) is 14.5 Å². The molecule has 2 amide bonds. The number of fused-ring (bicyclic) bond motifs is 1. The lowest BCUT2D eigenvalue weighted by Gasteiger charge is -2.34. The summed E-state index contributed by atoms with van der Waals surface area (Å²) in [5.41, 5.74) is 5.24. The van der Waals surface area contributed by atoms with Gasteiger partial charge in [-0.25, -0.2) is 0 Å². The number of rotatable bonds is 5. The van der Waals surface area contributed by atoms with Gasteiger partial charge in [-0.1, -0.05) is 39.0 Å². The van der Waals surface area contributed by atoms with Gasteiger partial charge in [0.2, 0.25) is 5.91 Å². The summed E-state index contributed by atoms with van der Waals surface area (Å²) in [4.78, 5) is 31.6. The number of piperazine rings is 1. The van der Waals surface area contributed by atoms with Crippen molar-refractivity contribution >= 4 is 17.5 Å². The van der Waals surface area contributed by atoms with Gasteiger partial charge < -0.3 is 9.80 Å². The van der Waals surface area contributed by atoms with E-state index in [1.165, 1.54) is 5.56 Å². The zero-order valence-electron chi connectivity index (χ0n) is 18.9. The highest BCUT2D eigenvalue weighted by molar-refractivity contribution is 5.97. The Bertz CT molecular complexity index is 944. The van der Waals surface area contributed by atoms with Gasteiger partial charge in [0.25, 0.3) is 5.91 Å². The maximum atomic E-state index is 12.9. The Hall–Kier alpha value is -2.66. The topological polar surface area (TPSA) is 43.9 Å². The minimum absolute atomic E-state index is 0.00493. The maximum absolute atomic E-state index is 12.9. The Labute approximate surface area is 185 Å². The molecule has 0 radical (unpaired) electrons. The molecule has 5 heteroatoms. The van der Waals surface area contributed by atoms with Gasteiger partial charge in [0.1, 0.15) is 0 Å². The van der Waals surface area contributed by atoms with Crippen molar-refractivity contribution in [2.45, 2.75) is 33.6 Å². The summed E-state index contributed by atoms with van der Waals surface area (Å²) in [6.07, 6.45) is 2.05. The molecule has 0 saturated carbocycles. The third-order valence-electron chi connectivity index (χ3n) is 6.40. The van der Waals surface area contributed by atoms with Crippen LogP contribution in [0.3, 0.4) is 0 Å². The molecule has 0 unspecified atom stereocenters. The van der Waals surface area contributed by atoms with E-state index in [1.54, 1.807) is 0 Å². The van der Waals surface area contributed by atoms with Crippen LogP contribution in [0.25, 0.3) is 11.1 Å². The lowest BCUT2D eigenvalue weighted by atomic mass is 10.00. The maximum Gasteiger partial charge on any atom is 0.253 e. The van der Waals surface area contributed by atoms with Crippen molar-refractivity contribution in [1.82, 2.24) is 9.80 Å². The third-order valence-corrected chi connectivity index (χ3v) is 6.40. The Kier molecular flexibility index (Phi) is 6.42. The second kappa shape index (κ2) is 9.23. The fourth-order valence-corrected chi connectivity index (χ4v) is 4.60. The second-order valence-electron chi connectivity index (χ2n) is 8.95. The van der Waals surface area contributed by atoms with Crippen LogP contribution >= 0.6 is 0 Å². The van der Waals surface area contributed by atoms with Crippen molar-refractivity contribution in [2.75, 3.05) is 44.2 Å². The number of benzene rings is 2. The van der Waals surface area contributed by atoms with Gasteiger partial charge in [-0.05, 0) is 60.3 Å². The van der Waals surface area contributed by atoms with E-state index >= 15 is 0 Å². The number of hydrogen-bond donors (Lipinski definition) is 0. The number of hydrogen-bond acceptors (Lipinski definition) is 3. The molecule has 1 saturated heterocycles. The van der Waals surface area contributed by atoms with Crippen molar-refractivity contribution in [1.29, 1.82) is 0 Å². The largest absolute Gasteiger partial charge is 0.336 e. The Morgan fingerprint density at radius 2 is 1.58 bits per heavy atom. The van der Waals surface area contributed by atoms with Crippen molar-refractivity contribution < 1.29 is 9.59 Å². The first kappa shape index (κ1) is 21.6. The first-order chi connectivity index (χ1) is 15.0. The molecular weight excluding hydrogens is 386 g/mol. The van der Waals surface area contributed by atoms with E-state index in [0.29, 0.717) is 0 Å². The van der Waals surface area contributed by atoms with Gasteiger partial charge in [0.15, 0.2) is 0 Å². The highest BCUT2D eigenvalue weighted by Gasteiger charge is 2.26. The van der Waals surface area contributed by atoms with E-state index in [9.17, 15) is 9.59 Å². The van der Waals surface area contributed by atoms with Crippen LogP contribution in [0.1, 0.15) is 43.1 Å². The molecule has 2 aliphatic heterocycles. The molecule has 0 aromatic heterocycles. The smallest absolute Gasteiger partial charge is 0.253 e. The molecule has 2 aliphatic rings. The molecule has 0 atom stereocenters. The summed E-state index contributed by atoms with van der Waals surface area (Å²) in [6.45, 7) is 11.5. The van der Waals surface area contributed by atoms with E-state index in [2.05, 4.69) is 30.0 Å². The standard InChI is InChI=1S/C26H33N3O2/c1-4-12-27-14-16-28(17-15-27)26(31)21-7-5-20(6-8-21)22-9-10-24-23(18-22)11-13-29(24)25(30)19(2)3/h5-10,18-19H,4,11-17H2,1-3H3. The molecule has 2 aromatic rings. The van der Waals surface area contributed by atoms with E-state index in [0.717, 1.165) is 74.5 Å². The van der Waals surface area contributed by atoms with Crippen molar-refractivity contribution in [3.63, 3.8) is 0 Å². The zero-order valence-corrected chi connectivity index (χ0v) is 18.9. The van der Waals surface area contributed by atoms with Crippen LogP contribution in [-0.4, -0.2) is 60.9 Å². The molecule has 2 heterocycles. The van der Waals surface area contributed by atoms with Crippen LogP contribution in [0.4, 0.5) is 5.69 Å². The van der Waals surface area contributed by atoms with Gasteiger partial charge in [0.05, 0.1) is 0 Å². The fraction of sp³-hybridized carbons (Fsp3) is 0.462. The minimum Gasteiger partial charge on any atom is -0.336 e. The molecule has 4 rings (SSSR count). The molecule has 5 nitrogen and oxygen atoms in total. The first-order valence-electron chi connectivity index (χ1n) is 11.5. The van der Waals surface area contributed by atoms with Crippen molar-refractivity contribution in [3.05, 3.63) is 53.6 Å². The zero-order chi connectivity index (χ0) is 22.0.